The normalized spacial score (nSPS) is 18.7. The fourth-order valence-corrected chi connectivity index (χ4v) is 3.33. The lowest BCUT2D eigenvalue weighted by Crippen LogP contribution is -2.43. The third-order valence-corrected chi connectivity index (χ3v) is 5.00. The van der Waals surface area contributed by atoms with Crippen molar-refractivity contribution in [2.75, 3.05) is 26.7 Å². The maximum absolute atomic E-state index is 13.1. The number of piperidine rings is 1. The first-order valence-corrected chi connectivity index (χ1v) is 8.53. The van der Waals surface area contributed by atoms with E-state index in [1.807, 2.05) is 24.3 Å². The van der Waals surface area contributed by atoms with Crippen LogP contribution in [0.15, 0.2) is 48.5 Å². The molecule has 1 saturated heterocycles. The maximum atomic E-state index is 13.1. The number of hydrogen-bond donors (Lipinski definition) is 2. The molecule has 0 amide bonds. The zero-order valence-electron chi connectivity index (χ0n) is 14.4. The van der Waals surface area contributed by atoms with Gasteiger partial charge in [-0.1, -0.05) is 24.3 Å². The van der Waals surface area contributed by atoms with Gasteiger partial charge in [-0.05, 0) is 48.2 Å². The predicted octanol–water partition coefficient (Wildman–Crippen LogP) is 2.85. The Morgan fingerprint density at radius 1 is 1.08 bits per heavy atom. The van der Waals surface area contributed by atoms with E-state index >= 15 is 0 Å². The number of benzene rings is 2. The minimum Gasteiger partial charge on any atom is -0.497 e. The Labute approximate surface area is 147 Å². The van der Waals surface area contributed by atoms with E-state index in [4.69, 9.17) is 4.74 Å². The van der Waals surface area contributed by atoms with Crippen LogP contribution in [-0.4, -0.2) is 41.9 Å². The van der Waals surface area contributed by atoms with Crippen LogP contribution in [0, 0.1) is 5.82 Å². The third-order valence-electron chi connectivity index (χ3n) is 5.00. The van der Waals surface area contributed by atoms with Crippen LogP contribution in [0.1, 0.15) is 30.1 Å². The molecule has 2 N–H and O–H groups in total. The Morgan fingerprint density at radius 2 is 1.68 bits per heavy atom. The lowest BCUT2D eigenvalue weighted by molar-refractivity contribution is -0.0345. The molecular weight excluding hydrogens is 321 g/mol. The van der Waals surface area contributed by atoms with Gasteiger partial charge in [-0.25, -0.2) is 4.39 Å². The molecule has 0 spiro atoms. The van der Waals surface area contributed by atoms with E-state index in [1.165, 1.54) is 12.1 Å². The summed E-state index contributed by atoms with van der Waals surface area (Å²) < 4.78 is 18.2. The van der Waals surface area contributed by atoms with Gasteiger partial charge < -0.3 is 19.8 Å². The molecule has 0 unspecified atom stereocenters. The molecule has 1 aliphatic heterocycles. The summed E-state index contributed by atoms with van der Waals surface area (Å²) in [5.41, 5.74) is 0.680. The second-order valence-corrected chi connectivity index (χ2v) is 6.63. The molecular formula is C20H24FNO3. The largest absolute Gasteiger partial charge is 0.497 e. The summed E-state index contributed by atoms with van der Waals surface area (Å²) in [6, 6.07) is 13.5. The summed E-state index contributed by atoms with van der Waals surface area (Å²) in [4.78, 5) is 2.15. The van der Waals surface area contributed by atoms with Gasteiger partial charge in [0.05, 0.1) is 18.8 Å². The molecule has 2 aromatic carbocycles. The van der Waals surface area contributed by atoms with Gasteiger partial charge in [0.15, 0.2) is 0 Å². The monoisotopic (exact) mass is 345 g/mol. The van der Waals surface area contributed by atoms with E-state index in [0.29, 0.717) is 32.5 Å². The smallest absolute Gasteiger partial charge is 0.123 e. The highest BCUT2D eigenvalue weighted by Crippen LogP contribution is 2.33. The molecule has 2 aromatic rings. The Bertz CT molecular complexity index is 679. The average molecular weight is 345 g/mol. The third kappa shape index (κ3) is 4.18. The van der Waals surface area contributed by atoms with Gasteiger partial charge in [-0.15, -0.1) is 0 Å². The lowest BCUT2D eigenvalue weighted by atomic mass is 9.84. The number of likely N-dealkylation sites (tertiary alicyclic amines) is 1. The summed E-state index contributed by atoms with van der Waals surface area (Å²) in [7, 11) is 1.61. The Kier molecular flexibility index (Phi) is 5.37. The van der Waals surface area contributed by atoms with Crippen LogP contribution in [-0.2, 0) is 5.60 Å². The molecule has 25 heavy (non-hydrogen) atoms. The van der Waals surface area contributed by atoms with Crippen molar-refractivity contribution in [1.82, 2.24) is 4.90 Å². The van der Waals surface area contributed by atoms with Gasteiger partial charge in [-0.2, -0.15) is 0 Å². The number of aliphatic hydroxyl groups excluding tert-OH is 1. The number of aliphatic hydroxyl groups is 2. The molecule has 1 atom stereocenters. The number of ether oxygens (including phenoxy) is 1. The minimum atomic E-state index is -0.921. The highest BCUT2D eigenvalue weighted by Gasteiger charge is 2.34. The summed E-state index contributed by atoms with van der Waals surface area (Å²) in [5, 5.41) is 21.3. The van der Waals surface area contributed by atoms with Crippen molar-refractivity contribution >= 4 is 0 Å². The maximum Gasteiger partial charge on any atom is 0.123 e. The SMILES string of the molecule is COc1ccc([C@@H](O)CN2CCC(O)(c3ccc(F)cc3)CC2)cc1. The molecule has 1 fully saturated rings. The van der Waals surface area contributed by atoms with Crippen LogP contribution < -0.4 is 4.74 Å². The summed E-state index contributed by atoms with van der Waals surface area (Å²) >= 11 is 0. The number of rotatable bonds is 5. The highest BCUT2D eigenvalue weighted by atomic mass is 19.1. The number of nitrogens with zero attached hydrogens (tertiary/aromatic N) is 1. The van der Waals surface area contributed by atoms with Gasteiger partial charge in [0, 0.05) is 19.6 Å². The van der Waals surface area contributed by atoms with Crippen LogP contribution in [0.25, 0.3) is 0 Å². The van der Waals surface area contributed by atoms with E-state index < -0.39 is 11.7 Å². The van der Waals surface area contributed by atoms with E-state index in [1.54, 1.807) is 19.2 Å². The van der Waals surface area contributed by atoms with Crippen LogP contribution in [0.4, 0.5) is 4.39 Å². The zero-order valence-corrected chi connectivity index (χ0v) is 14.4. The molecule has 0 saturated carbocycles. The number of hydrogen-bond acceptors (Lipinski definition) is 4. The first-order chi connectivity index (χ1) is 12.0. The second kappa shape index (κ2) is 7.52. The summed E-state index contributed by atoms with van der Waals surface area (Å²) in [6.45, 7) is 1.88. The zero-order chi connectivity index (χ0) is 17.9. The fraction of sp³-hybridized carbons (Fsp3) is 0.400. The molecule has 1 heterocycles. The van der Waals surface area contributed by atoms with E-state index in [2.05, 4.69) is 4.90 Å². The number of halogens is 1. The van der Waals surface area contributed by atoms with E-state index in [9.17, 15) is 14.6 Å². The van der Waals surface area contributed by atoms with E-state index in [-0.39, 0.29) is 5.82 Å². The van der Waals surface area contributed by atoms with Crippen molar-refractivity contribution in [2.24, 2.45) is 0 Å². The van der Waals surface area contributed by atoms with Crippen LogP contribution in [0.5, 0.6) is 5.75 Å². The van der Waals surface area contributed by atoms with Crippen molar-refractivity contribution in [3.63, 3.8) is 0 Å². The second-order valence-electron chi connectivity index (χ2n) is 6.63. The van der Waals surface area contributed by atoms with Gasteiger partial charge in [0.2, 0.25) is 0 Å². The van der Waals surface area contributed by atoms with Gasteiger partial charge >= 0.3 is 0 Å². The van der Waals surface area contributed by atoms with Gasteiger partial charge in [0.25, 0.3) is 0 Å². The molecule has 1 aliphatic rings. The van der Waals surface area contributed by atoms with Crippen molar-refractivity contribution in [3.05, 3.63) is 65.5 Å². The molecule has 3 rings (SSSR count). The predicted molar refractivity (Wildman–Crippen MR) is 93.9 cm³/mol. The summed E-state index contributed by atoms with van der Waals surface area (Å²) in [5.74, 6) is 0.464. The standard InChI is InChI=1S/C20H24FNO3/c1-25-18-8-2-15(3-9-18)19(23)14-22-12-10-20(24,11-13-22)16-4-6-17(21)7-5-16/h2-9,19,23-24H,10-14H2,1H3/t19-/m0/s1. The highest BCUT2D eigenvalue weighted by molar-refractivity contribution is 5.28. The molecule has 0 bridgehead atoms. The van der Waals surface area contributed by atoms with Crippen molar-refractivity contribution in [2.45, 2.75) is 24.5 Å². The summed E-state index contributed by atoms with van der Waals surface area (Å²) in [6.07, 6.45) is 0.546. The average Bonchev–Trinajstić information content (AvgIpc) is 2.64. The van der Waals surface area contributed by atoms with Crippen molar-refractivity contribution < 1.29 is 19.3 Å². The minimum absolute atomic E-state index is 0.299. The Hall–Kier alpha value is -1.95. The Balaban J connectivity index is 1.57. The van der Waals surface area contributed by atoms with Gasteiger partial charge in [0.1, 0.15) is 11.6 Å². The van der Waals surface area contributed by atoms with Crippen LogP contribution >= 0.6 is 0 Å². The Morgan fingerprint density at radius 3 is 2.24 bits per heavy atom. The number of β-amino-alcohol motifs (C(OH)–C–C–N with tert-alkyl or cyclic N) is 1. The topological polar surface area (TPSA) is 52.9 Å². The molecule has 0 aliphatic carbocycles. The fourth-order valence-electron chi connectivity index (χ4n) is 3.33. The molecule has 134 valence electrons. The first-order valence-electron chi connectivity index (χ1n) is 8.53. The lowest BCUT2D eigenvalue weighted by Gasteiger charge is -2.39. The molecule has 4 nitrogen and oxygen atoms in total. The molecule has 0 aromatic heterocycles. The number of methoxy groups -OCH3 is 1. The molecule has 5 heteroatoms. The van der Waals surface area contributed by atoms with Crippen LogP contribution in [0.2, 0.25) is 0 Å². The van der Waals surface area contributed by atoms with Crippen molar-refractivity contribution in [3.8, 4) is 5.75 Å². The van der Waals surface area contributed by atoms with Crippen molar-refractivity contribution in [1.29, 1.82) is 0 Å². The quantitative estimate of drug-likeness (QED) is 0.875. The van der Waals surface area contributed by atoms with Gasteiger partial charge in [-0.3, -0.25) is 0 Å². The first kappa shape index (κ1) is 17.9. The van der Waals surface area contributed by atoms with E-state index in [0.717, 1.165) is 16.9 Å². The van der Waals surface area contributed by atoms with Crippen LogP contribution in [0.3, 0.4) is 0 Å². The molecule has 0 radical (unpaired) electrons.